The molecule has 13 heteroatoms. The molecular formula is C24H18FN4O5S3-. The molecule has 3 aromatic carbocycles. The van der Waals surface area contributed by atoms with Crippen LogP contribution in [0.4, 0.5) is 4.39 Å². The van der Waals surface area contributed by atoms with Crippen LogP contribution in [-0.2, 0) is 33.4 Å². The summed E-state index contributed by atoms with van der Waals surface area (Å²) in [4.78, 5) is 4.56. The van der Waals surface area contributed by atoms with Crippen molar-refractivity contribution >= 4 is 42.7 Å². The van der Waals surface area contributed by atoms with Crippen LogP contribution in [0.3, 0.4) is 0 Å². The number of benzene rings is 3. The Morgan fingerprint density at radius 3 is 2.59 bits per heavy atom. The third kappa shape index (κ3) is 5.81. The van der Waals surface area contributed by atoms with E-state index in [0.29, 0.717) is 5.52 Å². The van der Waals surface area contributed by atoms with Crippen LogP contribution >= 0.6 is 11.3 Å². The van der Waals surface area contributed by atoms with Gasteiger partial charge in [0.05, 0.1) is 22.5 Å². The minimum absolute atomic E-state index is 0.113. The Hall–Kier alpha value is -3.36. The van der Waals surface area contributed by atoms with Gasteiger partial charge in [-0.1, -0.05) is 48.5 Å². The van der Waals surface area contributed by atoms with E-state index in [-0.39, 0.29) is 28.9 Å². The third-order valence-corrected chi connectivity index (χ3v) is 8.89. The molecule has 0 aliphatic heterocycles. The fourth-order valence-electron chi connectivity index (χ4n) is 3.78. The Balaban J connectivity index is 1.57. The Bertz CT molecular complexity index is 1690. The van der Waals surface area contributed by atoms with Crippen LogP contribution in [0.1, 0.15) is 27.6 Å². The van der Waals surface area contributed by atoms with E-state index in [1.165, 1.54) is 29.5 Å². The van der Waals surface area contributed by atoms with Crippen LogP contribution in [0.2, 0.25) is 0 Å². The van der Waals surface area contributed by atoms with E-state index in [9.17, 15) is 21.6 Å². The van der Waals surface area contributed by atoms with E-state index in [4.69, 9.17) is 4.42 Å². The number of thiazole rings is 1. The maximum absolute atomic E-state index is 13.8. The normalized spacial score (nSPS) is 13.6. The quantitative estimate of drug-likeness (QED) is 0.268. The summed E-state index contributed by atoms with van der Waals surface area (Å²) in [6.45, 7) is -0.306. The number of rotatable bonds is 9. The van der Waals surface area contributed by atoms with Crippen LogP contribution < -0.4 is 4.72 Å². The van der Waals surface area contributed by atoms with Crippen LogP contribution in [0.25, 0.3) is 21.3 Å². The molecule has 1 N–H and O–H groups in total. The molecule has 2 atom stereocenters. The van der Waals surface area contributed by atoms with Crippen molar-refractivity contribution in [2.45, 2.75) is 17.5 Å². The molecule has 190 valence electrons. The molecule has 9 nitrogen and oxygen atoms in total. The third-order valence-electron chi connectivity index (χ3n) is 5.40. The van der Waals surface area contributed by atoms with Crippen LogP contribution in [0.15, 0.2) is 77.2 Å². The zero-order chi connectivity index (χ0) is 26.0. The molecule has 0 bridgehead atoms. The highest BCUT2D eigenvalue weighted by molar-refractivity contribution is 7.91. The largest absolute Gasteiger partial charge is 0.760 e. The van der Waals surface area contributed by atoms with Crippen LogP contribution in [0, 0.1) is 5.82 Å². The summed E-state index contributed by atoms with van der Waals surface area (Å²) < 4.78 is 71.1. The van der Waals surface area contributed by atoms with Crippen molar-refractivity contribution in [2.24, 2.45) is 0 Å². The van der Waals surface area contributed by atoms with Crippen molar-refractivity contribution < 1.29 is 26.0 Å². The molecule has 0 fully saturated rings. The van der Waals surface area contributed by atoms with Crippen molar-refractivity contribution in [3.05, 3.63) is 101 Å². The van der Waals surface area contributed by atoms with Gasteiger partial charge in [0.15, 0.2) is 15.1 Å². The number of aromatic nitrogens is 3. The van der Waals surface area contributed by atoms with E-state index < -0.39 is 37.9 Å². The minimum atomic E-state index is -4.08. The lowest BCUT2D eigenvalue weighted by atomic mass is 10.1. The summed E-state index contributed by atoms with van der Waals surface area (Å²) in [5.41, 5.74) is 2.79. The maximum atomic E-state index is 13.8. The Morgan fingerprint density at radius 1 is 1.03 bits per heavy atom. The van der Waals surface area contributed by atoms with Gasteiger partial charge in [0, 0.05) is 11.3 Å². The van der Waals surface area contributed by atoms with Gasteiger partial charge in [-0.2, -0.15) is 0 Å². The first-order chi connectivity index (χ1) is 17.8. The summed E-state index contributed by atoms with van der Waals surface area (Å²) in [6, 6.07) is 20.7. The average molecular weight is 558 g/mol. The van der Waals surface area contributed by atoms with Crippen molar-refractivity contribution in [1.82, 2.24) is 19.9 Å². The van der Waals surface area contributed by atoms with Gasteiger partial charge in [0.1, 0.15) is 10.8 Å². The number of sulfone groups is 1. The molecule has 0 spiro atoms. The van der Waals surface area contributed by atoms with Crippen molar-refractivity contribution in [3.63, 3.8) is 0 Å². The first kappa shape index (κ1) is 25.3. The first-order valence-electron chi connectivity index (χ1n) is 10.9. The highest BCUT2D eigenvalue weighted by Crippen LogP contribution is 2.38. The number of hydrogen-bond acceptors (Lipinski definition) is 9. The van der Waals surface area contributed by atoms with Gasteiger partial charge >= 0.3 is 0 Å². The van der Waals surface area contributed by atoms with Crippen molar-refractivity contribution in [1.29, 1.82) is 0 Å². The molecule has 2 aromatic heterocycles. The second-order valence-electron chi connectivity index (χ2n) is 8.01. The Morgan fingerprint density at radius 2 is 1.84 bits per heavy atom. The molecule has 37 heavy (non-hydrogen) atoms. The number of nitrogens with one attached hydrogen (secondary N) is 1. The molecule has 2 unspecified atom stereocenters. The lowest BCUT2D eigenvalue weighted by molar-refractivity contribution is 0.440. The van der Waals surface area contributed by atoms with Gasteiger partial charge < -0.3 is 8.97 Å². The topological polar surface area (TPSA) is 138 Å². The number of halogens is 1. The number of hydrogen-bond donors (Lipinski definition) is 1. The van der Waals surface area contributed by atoms with E-state index >= 15 is 0 Å². The van der Waals surface area contributed by atoms with Crippen LogP contribution in [-0.4, -0.2) is 32.4 Å². The van der Waals surface area contributed by atoms with E-state index in [1.54, 1.807) is 6.07 Å². The average Bonchev–Trinajstić information content (AvgIpc) is 3.49. The van der Waals surface area contributed by atoms with E-state index in [2.05, 4.69) is 19.9 Å². The molecule has 0 aliphatic carbocycles. The van der Waals surface area contributed by atoms with Crippen molar-refractivity contribution in [2.75, 3.05) is 0 Å². The van der Waals surface area contributed by atoms with Crippen LogP contribution in [0.5, 0.6) is 0 Å². The highest BCUT2D eigenvalue weighted by Gasteiger charge is 2.37. The minimum Gasteiger partial charge on any atom is -0.760 e. The lowest BCUT2D eigenvalue weighted by Gasteiger charge is -2.12. The molecule has 5 aromatic rings. The number of nitrogens with zero attached hydrogens (tertiary/aromatic N) is 3. The van der Waals surface area contributed by atoms with Gasteiger partial charge in [-0.15, -0.1) is 21.5 Å². The predicted molar refractivity (Wildman–Crippen MR) is 136 cm³/mol. The fourth-order valence-corrected chi connectivity index (χ4v) is 7.16. The van der Waals surface area contributed by atoms with Gasteiger partial charge in [0.25, 0.3) is 0 Å². The molecule has 0 saturated carbocycles. The molecule has 0 radical (unpaired) electrons. The highest BCUT2D eigenvalue weighted by atomic mass is 32.2. The summed E-state index contributed by atoms with van der Waals surface area (Å²) in [5.74, 6) is -1.43. The molecule has 0 aliphatic rings. The second kappa shape index (κ2) is 10.6. The summed E-state index contributed by atoms with van der Waals surface area (Å²) in [6.07, 6.45) is 0. The summed E-state index contributed by atoms with van der Waals surface area (Å²) in [7, 11) is -4.08. The zero-order valence-corrected chi connectivity index (χ0v) is 21.4. The maximum Gasteiger partial charge on any atom is 0.241 e. The lowest BCUT2D eigenvalue weighted by Crippen LogP contribution is -2.17. The Kier molecular flexibility index (Phi) is 7.22. The molecule has 2 heterocycles. The fraction of sp³-hybridized carbons (Fsp3) is 0.125. The summed E-state index contributed by atoms with van der Waals surface area (Å²) >= 11 is -1.40. The van der Waals surface area contributed by atoms with Gasteiger partial charge in [-0.05, 0) is 41.0 Å². The molecule has 0 amide bonds. The second-order valence-corrected chi connectivity index (χ2v) is 11.9. The van der Waals surface area contributed by atoms with E-state index in [0.717, 1.165) is 21.9 Å². The molecule has 5 rings (SSSR count). The molecule has 0 saturated heterocycles. The Labute approximate surface area is 217 Å². The van der Waals surface area contributed by atoms with Gasteiger partial charge in [-0.25, -0.2) is 22.5 Å². The standard InChI is InChI=1S/C24H19FN4O5S3/c25-18-8-4-5-15(11-18)14-37(32,33)22(23-29-28-21(34-23)13-26-36(30)31)24-27-19-10-9-17(12-20(19)35-24)16-6-2-1-3-7-16/h1-12,22,26H,13-14H2,(H,30,31)/p-1. The zero-order valence-electron chi connectivity index (χ0n) is 18.9. The monoisotopic (exact) mass is 557 g/mol. The SMILES string of the molecule is O=S([O-])NCc1nnc(C(c2nc3ccc(-c4ccccc4)cc3s2)S(=O)(=O)Cc2cccc(F)c2)o1. The van der Waals surface area contributed by atoms with Gasteiger partial charge in [0.2, 0.25) is 11.8 Å². The summed E-state index contributed by atoms with van der Waals surface area (Å²) in [5, 5.41) is 6.43. The predicted octanol–water partition coefficient (Wildman–Crippen LogP) is 4.07. The molecular weight excluding hydrogens is 539 g/mol. The van der Waals surface area contributed by atoms with Gasteiger partial charge in [-0.3, -0.25) is 4.21 Å². The smallest absolute Gasteiger partial charge is 0.241 e. The first-order valence-corrected chi connectivity index (χ1v) is 14.5. The van der Waals surface area contributed by atoms with E-state index in [1.807, 2.05) is 42.5 Å². The number of fused-ring (bicyclic) bond motifs is 1. The van der Waals surface area contributed by atoms with Crippen molar-refractivity contribution in [3.8, 4) is 11.1 Å².